The summed E-state index contributed by atoms with van der Waals surface area (Å²) in [6, 6.07) is 8.43. The minimum absolute atomic E-state index is 0.0911. The van der Waals surface area contributed by atoms with E-state index in [1.807, 2.05) is 13.0 Å². The molecule has 0 spiro atoms. The van der Waals surface area contributed by atoms with Crippen LogP contribution in [0, 0.1) is 20.8 Å². The minimum atomic E-state index is -0.774. The molecule has 0 bridgehead atoms. The van der Waals surface area contributed by atoms with E-state index in [1.165, 1.54) is 12.1 Å². The van der Waals surface area contributed by atoms with E-state index in [4.69, 9.17) is 30.9 Å². The van der Waals surface area contributed by atoms with Gasteiger partial charge in [0.25, 0.3) is 5.91 Å². The summed E-state index contributed by atoms with van der Waals surface area (Å²) < 4.78 is 17.9. The van der Waals surface area contributed by atoms with E-state index in [9.17, 15) is 9.59 Å². The number of carbonyl (C=O) groups excluding carboxylic acids is 1. The highest BCUT2D eigenvalue weighted by atomic mass is 35.5. The van der Waals surface area contributed by atoms with E-state index < -0.39 is 12.0 Å². The van der Waals surface area contributed by atoms with Crippen LogP contribution in [0.15, 0.2) is 50.2 Å². The molecule has 4 heterocycles. The maximum absolute atomic E-state index is 13.4. The summed E-state index contributed by atoms with van der Waals surface area (Å²) >= 11 is 5.92. The van der Waals surface area contributed by atoms with Crippen molar-refractivity contribution in [1.29, 1.82) is 0 Å². The molecule has 0 radical (unpaired) electrons. The summed E-state index contributed by atoms with van der Waals surface area (Å²) in [5.41, 5.74) is 8.99. The van der Waals surface area contributed by atoms with Crippen molar-refractivity contribution < 1.29 is 18.4 Å². The molecule has 36 heavy (non-hydrogen) atoms. The number of aromatic nitrogens is 3. The number of carbonyl (C=O) groups is 1. The second kappa shape index (κ2) is 8.76. The molecule has 0 saturated carbocycles. The maximum Gasteiger partial charge on any atom is 0.271 e. The average Bonchev–Trinajstić information content (AvgIpc) is 3.21. The van der Waals surface area contributed by atoms with E-state index in [0.717, 1.165) is 5.56 Å². The zero-order valence-electron chi connectivity index (χ0n) is 19.9. The summed E-state index contributed by atoms with van der Waals surface area (Å²) in [5.74, 6) is 0.247. The van der Waals surface area contributed by atoms with Crippen molar-refractivity contribution in [2.75, 3.05) is 0 Å². The van der Waals surface area contributed by atoms with E-state index in [-0.39, 0.29) is 22.0 Å². The molecule has 182 valence electrons. The molecule has 0 unspecified atom stereocenters. The largest absolute Gasteiger partial charge is 0.483 e. The van der Waals surface area contributed by atoms with Crippen molar-refractivity contribution in [3.8, 4) is 17.1 Å². The number of pyridine rings is 2. The molecule has 1 amide bonds. The van der Waals surface area contributed by atoms with Gasteiger partial charge in [0, 0.05) is 29.8 Å². The number of amides is 1. The monoisotopic (exact) mass is 504 g/mol. The van der Waals surface area contributed by atoms with Gasteiger partial charge in [0.1, 0.15) is 28.1 Å². The van der Waals surface area contributed by atoms with Crippen LogP contribution in [0.3, 0.4) is 0 Å². The summed E-state index contributed by atoms with van der Waals surface area (Å²) in [6.07, 6.45) is 0.946. The Morgan fingerprint density at radius 1 is 1.11 bits per heavy atom. The first-order valence-corrected chi connectivity index (χ1v) is 11.4. The molecule has 1 atom stereocenters. The van der Waals surface area contributed by atoms with Gasteiger partial charge in [-0.1, -0.05) is 11.6 Å². The predicted octanol–water partition coefficient (Wildman–Crippen LogP) is 5.21. The SMILES string of the molecule is Cc1cc([C@@H](C)Oc2ccc(Cl)nc2C(N)=O)c2oc(-c3cnc4oc(C)nc4c3)c(C)c(=O)c2c1. The lowest BCUT2D eigenvalue weighted by atomic mass is 10.00. The zero-order chi connectivity index (χ0) is 25.7. The summed E-state index contributed by atoms with van der Waals surface area (Å²) in [4.78, 5) is 37.9. The van der Waals surface area contributed by atoms with Crippen LogP contribution in [-0.4, -0.2) is 20.9 Å². The van der Waals surface area contributed by atoms with Crippen molar-refractivity contribution in [1.82, 2.24) is 15.0 Å². The number of fused-ring (bicyclic) bond motifs is 2. The van der Waals surface area contributed by atoms with Gasteiger partial charge in [-0.25, -0.2) is 15.0 Å². The van der Waals surface area contributed by atoms with Crippen LogP contribution >= 0.6 is 11.6 Å². The molecule has 4 aromatic heterocycles. The Balaban J connectivity index is 1.67. The van der Waals surface area contributed by atoms with E-state index in [1.54, 1.807) is 39.1 Å². The molecule has 0 aliphatic heterocycles. The Hall–Kier alpha value is -4.24. The lowest BCUT2D eigenvalue weighted by Crippen LogP contribution is -2.17. The number of hydrogen-bond acceptors (Lipinski definition) is 8. The van der Waals surface area contributed by atoms with Crippen LogP contribution in [0.25, 0.3) is 33.5 Å². The number of aryl methyl sites for hydroxylation is 2. The topological polar surface area (TPSA) is 134 Å². The number of halogens is 1. The van der Waals surface area contributed by atoms with Gasteiger partial charge in [-0.15, -0.1) is 0 Å². The normalized spacial score (nSPS) is 12.2. The number of primary amides is 1. The molecule has 9 nitrogen and oxygen atoms in total. The average molecular weight is 505 g/mol. The first-order chi connectivity index (χ1) is 17.1. The Morgan fingerprint density at radius 3 is 2.64 bits per heavy atom. The summed E-state index contributed by atoms with van der Waals surface area (Å²) in [5, 5.41) is 0.529. The smallest absolute Gasteiger partial charge is 0.271 e. The minimum Gasteiger partial charge on any atom is -0.483 e. The first kappa shape index (κ1) is 23.5. The highest BCUT2D eigenvalue weighted by Gasteiger charge is 2.22. The molecule has 2 N–H and O–H groups in total. The van der Waals surface area contributed by atoms with Crippen LogP contribution in [0.5, 0.6) is 5.75 Å². The summed E-state index contributed by atoms with van der Waals surface area (Å²) in [6.45, 7) is 7.10. The highest BCUT2D eigenvalue weighted by molar-refractivity contribution is 6.29. The quantitative estimate of drug-likeness (QED) is 0.322. The van der Waals surface area contributed by atoms with Crippen molar-refractivity contribution in [2.24, 2.45) is 5.73 Å². The fourth-order valence-electron chi connectivity index (χ4n) is 4.15. The fraction of sp³-hybridized carbons (Fsp3) is 0.192. The van der Waals surface area contributed by atoms with Crippen LogP contribution < -0.4 is 15.9 Å². The van der Waals surface area contributed by atoms with Gasteiger partial charge in [-0.05, 0) is 56.7 Å². The molecular formula is C26H21ClN4O5. The number of nitrogens with zero attached hydrogens (tertiary/aromatic N) is 3. The molecule has 0 fully saturated rings. The first-order valence-electron chi connectivity index (χ1n) is 11.1. The van der Waals surface area contributed by atoms with Crippen LogP contribution in [-0.2, 0) is 0 Å². The summed E-state index contributed by atoms with van der Waals surface area (Å²) in [7, 11) is 0. The van der Waals surface area contributed by atoms with Crippen molar-refractivity contribution in [2.45, 2.75) is 33.8 Å². The van der Waals surface area contributed by atoms with Crippen molar-refractivity contribution >= 4 is 39.7 Å². The number of hydrogen-bond donors (Lipinski definition) is 1. The third kappa shape index (κ3) is 4.07. The second-order valence-electron chi connectivity index (χ2n) is 8.50. The van der Waals surface area contributed by atoms with Crippen LogP contribution in [0.1, 0.15) is 46.1 Å². The Bertz CT molecular complexity index is 1740. The van der Waals surface area contributed by atoms with Gasteiger partial charge >= 0.3 is 0 Å². The number of rotatable bonds is 5. The highest BCUT2D eigenvalue weighted by Crippen LogP contribution is 2.34. The Morgan fingerprint density at radius 2 is 1.89 bits per heavy atom. The predicted molar refractivity (Wildman–Crippen MR) is 134 cm³/mol. The third-order valence-electron chi connectivity index (χ3n) is 5.81. The lowest BCUT2D eigenvalue weighted by Gasteiger charge is -2.19. The molecule has 5 rings (SSSR count). The molecule has 0 aliphatic carbocycles. The number of oxazole rings is 1. The van der Waals surface area contributed by atoms with Crippen molar-refractivity contribution in [3.63, 3.8) is 0 Å². The maximum atomic E-state index is 13.4. The zero-order valence-corrected chi connectivity index (χ0v) is 20.6. The van der Waals surface area contributed by atoms with E-state index in [2.05, 4.69) is 15.0 Å². The standard InChI is InChI=1S/C26H21ClN4O5/c1-11-7-16(13(3)34-19-5-6-20(27)31-21(19)25(28)33)24-17(8-11)22(32)12(2)23(36-24)15-9-18-26(29-10-15)35-14(4)30-18/h5-10,13H,1-4H3,(H2,28,33)/t13-/m1/s1. The molecule has 0 aliphatic rings. The van der Waals surface area contributed by atoms with E-state index in [0.29, 0.717) is 50.5 Å². The molecule has 1 aromatic carbocycles. The lowest BCUT2D eigenvalue weighted by molar-refractivity contribution is 0.0988. The number of nitrogens with two attached hydrogens (primary N) is 1. The van der Waals surface area contributed by atoms with Gasteiger partial charge < -0.3 is 19.3 Å². The van der Waals surface area contributed by atoms with Gasteiger partial charge in [-0.2, -0.15) is 0 Å². The molecule has 10 heteroatoms. The fourth-order valence-corrected chi connectivity index (χ4v) is 4.30. The van der Waals surface area contributed by atoms with Gasteiger partial charge in [-0.3, -0.25) is 9.59 Å². The van der Waals surface area contributed by atoms with Gasteiger partial charge in [0.05, 0.1) is 5.39 Å². The second-order valence-corrected chi connectivity index (χ2v) is 8.89. The third-order valence-corrected chi connectivity index (χ3v) is 6.02. The number of benzene rings is 1. The molecular weight excluding hydrogens is 484 g/mol. The number of ether oxygens (including phenoxy) is 1. The Kier molecular flexibility index (Phi) is 5.72. The van der Waals surface area contributed by atoms with Gasteiger partial charge in [0.15, 0.2) is 22.8 Å². The molecule has 5 aromatic rings. The van der Waals surface area contributed by atoms with Crippen LogP contribution in [0.4, 0.5) is 0 Å². The van der Waals surface area contributed by atoms with Crippen LogP contribution in [0.2, 0.25) is 5.15 Å². The van der Waals surface area contributed by atoms with Gasteiger partial charge in [0.2, 0.25) is 5.71 Å². The van der Waals surface area contributed by atoms with E-state index >= 15 is 0 Å². The Labute approximate surface area is 209 Å². The van der Waals surface area contributed by atoms with Crippen molar-refractivity contribution in [3.05, 3.63) is 80.2 Å². The molecule has 0 saturated heterocycles.